The van der Waals surface area contributed by atoms with E-state index in [0.29, 0.717) is 5.84 Å². The number of hydrogen-bond acceptors (Lipinski definition) is 1. The Hall–Kier alpha value is -0.260. The average Bonchev–Trinajstić information content (AvgIpc) is 2.76. The Morgan fingerprint density at radius 1 is 1.54 bits per heavy atom. The lowest BCUT2D eigenvalue weighted by Gasteiger charge is -2.14. The van der Waals surface area contributed by atoms with Crippen LogP contribution in [0.25, 0.3) is 0 Å². The highest BCUT2D eigenvalue weighted by Gasteiger charge is 2.49. The van der Waals surface area contributed by atoms with Crippen molar-refractivity contribution in [1.29, 1.82) is 5.41 Å². The summed E-state index contributed by atoms with van der Waals surface area (Å²) in [6.45, 7) is 0. The van der Waals surface area contributed by atoms with Gasteiger partial charge < -0.3 is 4.90 Å². The number of likely N-dealkylation sites (N-methyl/N-ethyl adjacent to an activating group) is 1. The third kappa shape index (κ3) is 1.56. The fourth-order valence-electron chi connectivity index (χ4n) is 1.37. The van der Waals surface area contributed by atoms with Gasteiger partial charge in [-0.3, -0.25) is 5.41 Å². The van der Waals surface area contributed by atoms with Crippen LogP contribution in [0.2, 0.25) is 0 Å². The van der Waals surface area contributed by atoms with Crippen molar-refractivity contribution in [3.8, 4) is 0 Å². The Bertz CT molecular complexity index is 309. The van der Waals surface area contributed by atoms with E-state index < -0.39 is 6.17 Å². The van der Waals surface area contributed by atoms with E-state index in [-0.39, 0.29) is 32.6 Å². The highest BCUT2D eigenvalue weighted by atomic mass is 127. The molecule has 1 aliphatic heterocycles. The highest BCUT2D eigenvalue weighted by Crippen LogP contribution is 2.48. The fourth-order valence-corrected chi connectivity index (χ4v) is 4.44. The predicted molar refractivity (Wildman–Crippen MR) is 61.5 cm³/mol. The molecular formula is C9H12FIN2. The van der Waals surface area contributed by atoms with E-state index in [1.54, 1.807) is 4.90 Å². The summed E-state index contributed by atoms with van der Waals surface area (Å²) in [6, 6.07) is 0. The van der Waals surface area contributed by atoms with Gasteiger partial charge in [0, 0.05) is 29.5 Å². The maximum Gasteiger partial charge on any atom is 0.133 e. The van der Waals surface area contributed by atoms with E-state index in [4.69, 9.17) is 5.41 Å². The molecule has 0 bridgehead atoms. The van der Waals surface area contributed by atoms with Crippen molar-refractivity contribution in [2.24, 2.45) is 11.8 Å². The monoisotopic (exact) mass is 294 g/mol. The summed E-state index contributed by atoms with van der Waals surface area (Å²) in [5.41, 5.74) is 0. The van der Waals surface area contributed by atoms with E-state index in [0.717, 1.165) is 3.58 Å². The molecule has 1 heterocycles. The number of nitrogens with one attached hydrogen (secondary N) is 1. The Labute approximate surface area is 87.1 Å². The Balaban J connectivity index is 2.14. The Morgan fingerprint density at radius 3 is 2.77 bits per heavy atom. The van der Waals surface area contributed by atoms with Crippen molar-refractivity contribution in [3.63, 3.8) is 0 Å². The second-order valence-corrected chi connectivity index (χ2v) is 6.10. The molecule has 0 aromatic heterocycles. The van der Waals surface area contributed by atoms with E-state index in [2.05, 4.69) is 4.01 Å². The molecule has 4 heteroatoms. The smallest absolute Gasteiger partial charge is 0.133 e. The number of amidine groups is 1. The van der Waals surface area contributed by atoms with Crippen molar-refractivity contribution < 1.29 is 4.39 Å². The van der Waals surface area contributed by atoms with Crippen LogP contribution in [0, 0.1) is 17.2 Å². The van der Waals surface area contributed by atoms with Crippen LogP contribution in [0.4, 0.5) is 4.39 Å². The van der Waals surface area contributed by atoms with E-state index >= 15 is 0 Å². The second kappa shape index (κ2) is 3.15. The van der Waals surface area contributed by atoms with Crippen LogP contribution >= 0.6 is 20.7 Å². The maximum absolute atomic E-state index is 13.0. The summed E-state index contributed by atoms with van der Waals surface area (Å²) >= 11 is -0.221. The van der Waals surface area contributed by atoms with Gasteiger partial charge in [0.1, 0.15) is 12.0 Å². The number of alkyl halides is 1. The average molecular weight is 294 g/mol. The largest absolute Gasteiger partial charge is 0.362 e. The number of hydrogen-bond donors (Lipinski definition) is 1. The van der Waals surface area contributed by atoms with Crippen LogP contribution in [-0.2, 0) is 0 Å². The zero-order chi connectivity index (χ0) is 9.59. The first kappa shape index (κ1) is 9.30. The number of rotatable bonds is 1. The molecule has 0 spiro atoms. The van der Waals surface area contributed by atoms with Crippen LogP contribution in [-0.4, -0.2) is 35.0 Å². The quantitative estimate of drug-likeness (QED) is 0.445. The van der Waals surface area contributed by atoms with Gasteiger partial charge in [0.15, 0.2) is 0 Å². The molecule has 2 rings (SSSR count). The van der Waals surface area contributed by atoms with Gasteiger partial charge in [-0.2, -0.15) is 0 Å². The molecule has 1 saturated carbocycles. The fraction of sp³-hybridized carbons (Fsp3) is 0.556. The molecule has 2 unspecified atom stereocenters. The van der Waals surface area contributed by atoms with Gasteiger partial charge in [-0.25, -0.2) is 4.39 Å². The molecule has 0 aromatic rings. The summed E-state index contributed by atoms with van der Waals surface area (Å²) in [5, 5.41) is 7.75. The highest BCUT2D eigenvalue weighted by molar-refractivity contribution is 14.2. The lowest BCUT2D eigenvalue weighted by Crippen LogP contribution is -2.21. The minimum absolute atomic E-state index is 0.101. The summed E-state index contributed by atoms with van der Waals surface area (Å²) in [5.74, 6) is 0.858. The van der Waals surface area contributed by atoms with Crippen LogP contribution in [0.1, 0.15) is 0 Å². The second-order valence-electron chi connectivity index (χ2n) is 3.59. The molecule has 0 aromatic carbocycles. The molecule has 2 nitrogen and oxygen atoms in total. The number of halogens is 2. The van der Waals surface area contributed by atoms with E-state index in [1.165, 1.54) is 0 Å². The van der Waals surface area contributed by atoms with Gasteiger partial charge in [0.2, 0.25) is 0 Å². The summed E-state index contributed by atoms with van der Waals surface area (Å²) in [6.07, 6.45) is 1.33. The van der Waals surface area contributed by atoms with Crippen LogP contribution in [0.5, 0.6) is 0 Å². The molecule has 3 atom stereocenters. The molecule has 72 valence electrons. The first-order chi connectivity index (χ1) is 6.11. The lowest BCUT2D eigenvalue weighted by atomic mass is 10.3. The minimum Gasteiger partial charge on any atom is -0.362 e. The zero-order valence-electron chi connectivity index (χ0n) is 7.59. The SMILES string of the molecule is CN(C)C(=N)C1=CC2C(F)[C@@H]2C=I1. The maximum atomic E-state index is 13.0. The van der Waals surface area contributed by atoms with Crippen molar-refractivity contribution >= 4 is 30.6 Å². The van der Waals surface area contributed by atoms with Crippen molar-refractivity contribution in [1.82, 2.24) is 4.90 Å². The molecule has 13 heavy (non-hydrogen) atoms. The number of allylic oxidation sites excluding steroid dienone is 1. The van der Waals surface area contributed by atoms with E-state index in [1.807, 2.05) is 20.2 Å². The van der Waals surface area contributed by atoms with E-state index in [9.17, 15) is 4.39 Å². The van der Waals surface area contributed by atoms with Crippen LogP contribution in [0.15, 0.2) is 9.66 Å². The number of fused-ring (bicyclic) bond motifs is 1. The van der Waals surface area contributed by atoms with Crippen LogP contribution < -0.4 is 0 Å². The normalized spacial score (nSPS) is 35.6. The molecular weight excluding hydrogens is 282 g/mol. The first-order valence-electron chi connectivity index (χ1n) is 4.20. The lowest BCUT2D eigenvalue weighted by molar-refractivity contribution is 0.456. The van der Waals surface area contributed by atoms with Gasteiger partial charge in [-0.05, 0) is 4.01 Å². The third-order valence-electron chi connectivity index (χ3n) is 2.38. The molecule has 1 aliphatic carbocycles. The summed E-state index contributed by atoms with van der Waals surface area (Å²) < 4.78 is 16.2. The van der Waals surface area contributed by atoms with Gasteiger partial charge in [0.05, 0.1) is 0 Å². The topological polar surface area (TPSA) is 27.1 Å². The molecule has 0 saturated heterocycles. The molecule has 1 fully saturated rings. The molecule has 2 aliphatic rings. The van der Waals surface area contributed by atoms with Crippen molar-refractivity contribution in [2.75, 3.05) is 14.1 Å². The van der Waals surface area contributed by atoms with Gasteiger partial charge in [0.25, 0.3) is 0 Å². The molecule has 0 radical (unpaired) electrons. The van der Waals surface area contributed by atoms with Crippen molar-refractivity contribution in [3.05, 3.63) is 9.66 Å². The Kier molecular flexibility index (Phi) is 2.25. The molecule has 0 amide bonds. The minimum atomic E-state index is -0.646. The summed E-state index contributed by atoms with van der Waals surface area (Å²) in [7, 11) is 3.72. The van der Waals surface area contributed by atoms with Crippen molar-refractivity contribution in [2.45, 2.75) is 6.17 Å². The summed E-state index contributed by atoms with van der Waals surface area (Å²) in [4.78, 5) is 1.79. The van der Waals surface area contributed by atoms with Gasteiger partial charge in [-0.15, -0.1) is 0 Å². The van der Waals surface area contributed by atoms with Gasteiger partial charge >= 0.3 is 0 Å². The third-order valence-corrected chi connectivity index (χ3v) is 5.11. The standard InChI is InChI=1S/C9H12FIN2/c1-13(2)9(12)7-3-5-6(4-11-7)8(5)10/h3-6,8,12H,1-2H3/t5?,6-,8?/m1/s1. The first-order valence-corrected chi connectivity index (χ1v) is 6.52. The predicted octanol–water partition coefficient (Wildman–Crippen LogP) is 1.78. The van der Waals surface area contributed by atoms with Crippen LogP contribution in [0.3, 0.4) is 0 Å². The zero-order valence-corrected chi connectivity index (χ0v) is 9.75. The Morgan fingerprint density at radius 2 is 2.23 bits per heavy atom. The van der Waals surface area contributed by atoms with Gasteiger partial charge in [-0.1, -0.05) is 26.8 Å². The molecule has 1 N–H and O–H groups in total. The number of nitrogens with zero attached hydrogens (tertiary/aromatic N) is 1.